The second-order valence-corrected chi connectivity index (χ2v) is 9.27. The molecule has 0 aromatic heterocycles. The first-order valence-electron chi connectivity index (χ1n) is 9.22. The molecule has 0 unspecified atom stereocenters. The third-order valence-electron chi connectivity index (χ3n) is 5.69. The van der Waals surface area contributed by atoms with E-state index in [9.17, 15) is 13.2 Å². The third-order valence-corrected chi connectivity index (χ3v) is 7.56. The average Bonchev–Trinajstić information content (AvgIpc) is 3.20. The van der Waals surface area contributed by atoms with Crippen LogP contribution in [0.5, 0.6) is 0 Å². The number of rotatable bonds is 3. The number of carbonyl (C=O) groups excluding carboxylic acids is 1. The molecule has 0 N–H and O–H groups in total. The van der Waals surface area contributed by atoms with Crippen LogP contribution in [0.4, 0.5) is 0 Å². The Morgan fingerprint density at radius 3 is 1.96 bits per heavy atom. The molecule has 0 atom stereocenters. The van der Waals surface area contributed by atoms with Crippen LogP contribution in [0.3, 0.4) is 0 Å². The van der Waals surface area contributed by atoms with Crippen LogP contribution in [-0.4, -0.2) is 14.4 Å². The lowest BCUT2D eigenvalue weighted by Crippen LogP contribution is -2.44. The van der Waals surface area contributed by atoms with Gasteiger partial charge in [0.25, 0.3) is 0 Å². The minimum absolute atomic E-state index is 0.0265. The molecule has 0 radical (unpaired) electrons. The smallest absolute Gasteiger partial charge is 0.334 e. The Labute approximate surface area is 159 Å². The number of hydrogen-bond acceptors (Lipinski definition) is 4. The average molecular weight is 382 g/mol. The van der Waals surface area contributed by atoms with E-state index in [1.54, 1.807) is 55.5 Å². The fourth-order valence-corrected chi connectivity index (χ4v) is 6.25. The number of hydrogen-bond donors (Lipinski definition) is 0. The molecule has 2 aromatic carbocycles. The zero-order valence-corrected chi connectivity index (χ0v) is 16.1. The SMILES string of the molecule is C=C(C)C(=O)OC1(C2CCCC2)c2ccccc2S(=O)(=O)c2ccccc21. The Balaban J connectivity index is 2.09. The molecule has 4 rings (SSSR count). The van der Waals surface area contributed by atoms with Crippen LogP contribution in [0.2, 0.25) is 0 Å². The summed E-state index contributed by atoms with van der Waals surface area (Å²) in [5.41, 5.74) is 0.316. The quantitative estimate of drug-likeness (QED) is 0.584. The zero-order valence-electron chi connectivity index (χ0n) is 15.3. The highest BCUT2D eigenvalue weighted by Gasteiger charge is 2.54. The van der Waals surface area contributed by atoms with Gasteiger partial charge in [0.2, 0.25) is 9.84 Å². The molecule has 2 aliphatic rings. The molecule has 4 nitrogen and oxygen atoms in total. The first-order chi connectivity index (χ1) is 12.9. The van der Waals surface area contributed by atoms with Crippen molar-refractivity contribution >= 4 is 15.8 Å². The largest absolute Gasteiger partial charge is 0.445 e. The highest BCUT2D eigenvalue weighted by atomic mass is 32.2. The fourth-order valence-electron chi connectivity index (χ4n) is 4.48. The summed E-state index contributed by atoms with van der Waals surface area (Å²) in [6, 6.07) is 13.8. The molecule has 1 saturated carbocycles. The minimum Gasteiger partial charge on any atom is -0.445 e. The molecule has 0 bridgehead atoms. The molecule has 1 aliphatic heterocycles. The van der Waals surface area contributed by atoms with Crippen LogP contribution in [0.1, 0.15) is 43.7 Å². The molecule has 5 heteroatoms. The predicted molar refractivity (Wildman–Crippen MR) is 102 cm³/mol. The molecule has 0 saturated heterocycles. The lowest BCUT2D eigenvalue weighted by molar-refractivity contribution is -0.158. The summed E-state index contributed by atoms with van der Waals surface area (Å²) in [4.78, 5) is 13.1. The van der Waals surface area contributed by atoms with Gasteiger partial charge >= 0.3 is 5.97 Å². The van der Waals surface area contributed by atoms with E-state index in [0.29, 0.717) is 16.7 Å². The molecular formula is C22H22O4S. The molecule has 2 aromatic rings. The summed E-state index contributed by atoms with van der Waals surface area (Å²) in [5.74, 6) is -0.468. The van der Waals surface area contributed by atoms with Gasteiger partial charge < -0.3 is 4.74 Å². The Kier molecular flexibility index (Phi) is 4.22. The molecule has 1 heterocycles. The van der Waals surface area contributed by atoms with E-state index in [1.807, 2.05) is 0 Å². The summed E-state index contributed by atoms with van der Waals surface area (Å²) in [6.45, 7) is 5.34. The zero-order chi connectivity index (χ0) is 19.2. The number of benzene rings is 2. The summed E-state index contributed by atoms with van der Waals surface area (Å²) in [6.07, 6.45) is 3.83. The van der Waals surface area contributed by atoms with Gasteiger partial charge in [-0.1, -0.05) is 55.8 Å². The Morgan fingerprint density at radius 1 is 1.00 bits per heavy atom. The van der Waals surface area contributed by atoms with E-state index in [1.165, 1.54) is 0 Å². The molecular weight excluding hydrogens is 360 g/mol. The van der Waals surface area contributed by atoms with Gasteiger partial charge in [-0.25, -0.2) is 13.2 Å². The summed E-state index contributed by atoms with van der Waals surface area (Å²) in [5, 5.41) is 0. The van der Waals surface area contributed by atoms with Crippen molar-refractivity contribution in [1.29, 1.82) is 0 Å². The van der Waals surface area contributed by atoms with Crippen LogP contribution in [0.25, 0.3) is 0 Å². The van der Waals surface area contributed by atoms with Crippen LogP contribution in [-0.2, 0) is 25.0 Å². The van der Waals surface area contributed by atoms with Gasteiger partial charge in [-0.05, 0) is 31.9 Å². The van der Waals surface area contributed by atoms with E-state index >= 15 is 0 Å². The Hall–Kier alpha value is -2.40. The maximum atomic E-state index is 13.3. The van der Waals surface area contributed by atoms with Crippen molar-refractivity contribution in [3.8, 4) is 0 Å². The third kappa shape index (κ3) is 2.56. The Bertz CT molecular complexity index is 976. The van der Waals surface area contributed by atoms with E-state index in [2.05, 4.69) is 6.58 Å². The molecule has 0 spiro atoms. The van der Waals surface area contributed by atoms with Crippen molar-refractivity contribution in [3.63, 3.8) is 0 Å². The van der Waals surface area contributed by atoms with Gasteiger partial charge in [0.15, 0.2) is 5.60 Å². The minimum atomic E-state index is -3.67. The summed E-state index contributed by atoms with van der Waals surface area (Å²) in [7, 11) is -3.67. The second kappa shape index (κ2) is 6.34. The number of esters is 1. The maximum absolute atomic E-state index is 13.3. The second-order valence-electron chi connectivity index (χ2n) is 7.38. The Morgan fingerprint density at radius 2 is 1.48 bits per heavy atom. The maximum Gasteiger partial charge on any atom is 0.334 e. The van der Waals surface area contributed by atoms with Crippen molar-refractivity contribution < 1.29 is 17.9 Å². The standard InChI is InChI=1S/C22H22O4S/c1-15(2)21(23)26-22(16-9-3-4-10-16)17-11-5-7-13-19(17)27(24,25)20-14-8-6-12-18(20)22/h5-8,11-14,16H,1,3-4,9-10H2,2H3. The van der Waals surface area contributed by atoms with Crippen LogP contribution >= 0.6 is 0 Å². The number of carbonyl (C=O) groups is 1. The van der Waals surface area contributed by atoms with Gasteiger partial charge in [-0.2, -0.15) is 0 Å². The van der Waals surface area contributed by atoms with E-state index in [4.69, 9.17) is 4.74 Å². The van der Waals surface area contributed by atoms with Crippen molar-refractivity contribution in [2.45, 2.75) is 48.0 Å². The first-order valence-corrected chi connectivity index (χ1v) is 10.7. The van der Waals surface area contributed by atoms with Crippen LogP contribution < -0.4 is 0 Å². The van der Waals surface area contributed by atoms with Crippen LogP contribution in [0.15, 0.2) is 70.5 Å². The normalized spacial score (nSPS) is 19.7. The van der Waals surface area contributed by atoms with Gasteiger partial charge in [0.1, 0.15) is 0 Å². The summed E-state index contributed by atoms with van der Waals surface area (Å²) < 4.78 is 32.7. The van der Waals surface area contributed by atoms with Gasteiger partial charge in [-0.3, -0.25) is 0 Å². The number of ether oxygens (including phenoxy) is 1. The highest BCUT2D eigenvalue weighted by molar-refractivity contribution is 7.91. The van der Waals surface area contributed by atoms with Crippen LogP contribution in [0, 0.1) is 5.92 Å². The van der Waals surface area contributed by atoms with E-state index in [0.717, 1.165) is 25.7 Å². The van der Waals surface area contributed by atoms with E-state index < -0.39 is 21.4 Å². The van der Waals surface area contributed by atoms with Gasteiger partial charge in [-0.15, -0.1) is 0 Å². The van der Waals surface area contributed by atoms with Crippen molar-refractivity contribution in [2.24, 2.45) is 5.92 Å². The van der Waals surface area contributed by atoms with Gasteiger partial charge in [0, 0.05) is 22.6 Å². The van der Waals surface area contributed by atoms with Crippen molar-refractivity contribution in [3.05, 3.63) is 71.8 Å². The molecule has 1 aliphatic carbocycles. The number of sulfone groups is 1. The van der Waals surface area contributed by atoms with Gasteiger partial charge in [0.05, 0.1) is 9.79 Å². The lowest BCUT2D eigenvalue weighted by atomic mass is 9.74. The topological polar surface area (TPSA) is 60.4 Å². The monoisotopic (exact) mass is 382 g/mol. The fraction of sp³-hybridized carbons (Fsp3) is 0.318. The molecule has 0 amide bonds. The molecule has 27 heavy (non-hydrogen) atoms. The van der Waals surface area contributed by atoms with E-state index in [-0.39, 0.29) is 15.7 Å². The highest BCUT2D eigenvalue weighted by Crippen LogP contribution is 2.54. The number of fused-ring (bicyclic) bond motifs is 2. The van der Waals surface area contributed by atoms with Crippen molar-refractivity contribution in [2.75, 3.05) is 0 Å². The predicted octanol–water partition coefficient (Wildman–Crippen LogP) is 4.39. The molecule has 140 valence electrons. The molecule has 1 fully saturated rings. The summed E-state index contributed by atoms with van der Waals surface area (Å²) >= 11 is 0. The first kappa shape index (κ1) is 18.0. The lowest BCUT2D eigenvalue weighted by Gasteiger charge is -2.43. The van der Waals surface area contributed by atoms with Crippen molar-refractivity contribution in [1.82, 2.24) is 0 Å².